The van der Waals surface area contributed by atoms with E-state index >= 15 is 0 Å². The molecule has 23 heavy (non-hydrogen) atoms. The first-order valence-electron chi connectivity index (χ1n) is 8.28. The summed E-state index contributed by atoms with van der Waals surface area (Å²) in [5.41, 5.74) is 3.37. The van der Waals surface area contributed by atoms with Crippen molar-refractivity contribution in [1.82, 2.24) is 10.3 Å². The van der Waals surface area contributed by atoms with Crippen LogP contribution in [0.2, 0.25) is 0 Å². The van der Waals surface area contributed by atoms with Gasteiger partial charge < -0.3 is 5.32 Å². The molecule has 1 heterocycles. The largest absolute Gasteiger partial charge is 0.349 e. The van der Waals surface area contributed by atoms with E-state index in [9.17, 15) is 4.79 Å². The summed E-state index contributed by atoms with van der Waals surface area (Å²) in [7, 11) is 0. The standard InChI is InChI=1S/C19H26N2OS/c1-5-6-15-7-9-16(10-8-15)19(13(2)3)21-18(22)11-17-12-23-14(4)20-17/h7-10,12-13,19H,5-6,11H2,1-4H3,(H,21,22)/t19-/m1/s1. The Kier molecular flexibility index (Phi) is 6.34. The van der Waals surface area contributed by atoms with Crippen molar-refractivity contribution in [2.45, 2.75) is 53.0 Å². The van der Waals surface area contributed by atoms with Crippen LogP contribution < -0.4 is 5.32 Å². The monoisotopic (exact) mass is 330 g/mol. The number of nitrogens with one attached hydrogen (secondary N) is 1. The van der Waals surface area contributed by atoms with Crippen molar-refractivity contribution < 1.29 is 4.79 Å². The van der Waals surface area contributed by atoms with Gasteiger partial charge in [-0.3, -0.25) is 4.79 Å². The van der Waals surface area contributed by atoms with E-state index in [-0.39, 0.29) is 11.9 Å². The summed E-state index contributed by atoms with van der Waals surface area (Å²) >= 11 is 1.58. The molecule has 4 heteroatoms. The van der Waals surface area contributed by atoms with Crippen LogP contribution in [0.5, 0.6) is 0 Å². The number of benzene rings is 1. The second-order valence-corrected chi connectivity index (χ2v) is 7.38. The maximum atomic E-state index is 12.3. The SMILES string of the molecule is CCCc1ccc([C@H](NC(=O)Cc2csc(C)n2)C(C)C)cc1. The molecule has 2 aromatic rings. The van der Waals surface area contributed by atoms with Crippen LogP contribution in [0.4, 0.5) is 0 Å². The quantitative estimate of drug-likeness (QED) is 0.814. The lowest BCUT2D eigenvalue weighted by atomic mass is 9.94. The fraction of sp³-hybridized carbons (Fsp3) is 0.474. The van der Waals surface area contributed by atoms with Crippen molar-refractivity contribution in [2.24, 2.45) is 5.92 Å². The van der Waals surface area contributed by atoms with Crippen molar-refractivity contribution in [3.63, 3.8) is 0 Å². The first-order chi connectivity index (χ1) is 11.0. The van der Waals surface area contributed by atoms with Gasteiger partial charge in [0.15, 0.2) is 0 Å². The average Bonchev–Trinajstić information content (AvgIpc) is 2.91. The highest BCUT2D eigenvalue weighted by Crippen LogP contribution is 2.22. The maximum absolute atomic E-state index is 12.3. The van der Waals surface area contributed by atoms with E-state index in [1.807, 2.05) is 12.3 Å². The summed E-state index contributed by atoms with van der Waals surface area (Å²) in [6, 6.07) is 8.66. The molecule has 1 amide bonds. The number of hydrogen-bond acceptors (Lipinski definition) is 3. The fourth-order valence-corrected chi connectivity index (χ4v) is 3.31. The van der Waals surface area contributed by atoms with Gasteiger partial charge in [-0.05, 0) is 30.4 Å². The Hall–Kier alpha value is -1.68. The van der Waals surface area contributed by atoms with Gasteiger partial charge in [0.05, 0.1) is 23.2 Å². The summed E-state index contributed by atoms with van der Waals surface area (Å²) in [6.45, 7) is 8.42. The van der Waals surface area contributed by atoms with E-state index in [1.54, 1.807) is 11.3 Å². The maximum Gasteiger partial charge on any atom is 0.226 e. The highest BCUT2D eigenvalue weighted by atomic mass is 32.1. The fourth-order valence-electron chi connectivity index (χ4n) is 2.69. The minimum absolute atomic E-state index is 0.0339. The molecule has 0 unspecified atom stereocenters. The highest BCUT2D eigenvalue weighted by molar-refractivity contribution is 7.09. The molecule has 1 N–H and O–H groups in total. The molecule has 0 radical (unpaired) electrons. The topological polar surface area (TPSA) is 42.0 Å². The van der Waals surface area contributed by atoms with Gasteiger partial charge in [0.25, 0.3) is 0 Å². The molecule has 0 fully saturated rings. The molecule has 0 aliphatic rings. The molecule has 2 rings (SSSR count). The van der Waals surface area contributed by atoms with E-state index in [1.165, 1.54) is 11.1 Å². The van der Waals surface area contributed by atoms with Crippen LogP contribution in [-0.4, -0.2) is 10.9 Å². The Morgan fingerprint density at radius 2 is 1.96 bits per heavy atom. The minimum atomic E-state index is 0.0339. The molecular formula is C19H26N2OS. The molecule has 0 aliphatic carbocycles. The number of rotatable bonds is 7. The first-order valence-corrected chi connectivity index (χ1v) is 9.16. The Morgan fingerprint density at radius 3 is 2.48 bits per heavy atom. The Bertz CT molecular complexity index is 631. The number of aryl methyl sites for hydroxylation is 2. The zero-order valence-electron chi connectivity index (χ0n) is 14.4. The number of aromatic nitrogens is 1. The summed E-state index contributed by atoms with van der Waals surface area (Å²) < 4.78 is 0. The third-order valence-electron chi connectivity index (χ3n) is 3.87. The molecule has 0 bridgehead atoms. The van der Waals surface area contributed by atoms with E-state index in [2.05, 4.69) is 55.3 Å². The van der Waals surface area contributed by atoms with Crippen LogP contribution in [0, 0.1) is 12.8 Å². The molecule has 1 aromatic carbocycles. The van der Waals surface area contributed by atoms with Crippen molar-refractivity contribution in [3.8, 4) is 0 Å². The van der Waals surface area contributed by atoms with Gasteiger partial charge in [0, 0.05) is 5.38 Å². The van der Waals surface area contributed by atoms with Gasteiger partial charge in [-0.15, -0.1) is 11.3 Å². The average molecular weight is 330 g/mol. The highest BCUT2D eigenvalue weighted by Gasteiger charge is 2.19. The Labute approximate surface area is 143 Å². The number of hydrogen-bond donors (Lipinski definition) is 1. The third kappa shape index (κ3) is 5.17. The molecule has 3 nitrogen and oxygen atoms in total. The number of carbonyl (C=O) groups is 1. The molecule has 124 valence electrons. The normalized spacial score (nSPS) is 12.4. The number of nitrogens with zero attached hydrogens (tertiary/aromatic N) is 1. The van der Waals surface area contributed by atoms with Crippen LogP contribution in [-0.2, 0) is 17.6 Å². The predicted molar refractivity (Wildman–Crippen MR) is 96.7 cm³/mol. The van der Waals surface area contributed by atoms with Crippen LogP contribution >= 0.6 is 11.3 Å². The molecular weight excluding hydrogens is 304 g/mol. The molecule has 0 saturated heterocycles. The Morgan fingerprint density at radius 1 is 1.26 bits per heavy atom. The van der Waals surface area contributed by atoms with Gasteiger partial charge in [-0.1, -0.05) is 51.5 Å². The lowest BCUT2D eigenvalue weighted by Crippen LogP contribution is -2.32. The van der Waals surface area contributed by atoms with E-state index < -0.39 is 0 Å². The van der Waals surface area contributed by atoms with Crippen molar-refractivity contribution in [1.29, 1.82) is 0 Å². The summed E-state index contributed by atoms with van der Waals surface area (Å²) in [5, 5.41) is 6.12. The van der Waals surface area contributed by atoms with Gasteiger partial charge in [-0.25, -0.2) is 4.98 Å². The number of thiazole rings is 1. The van der Waals surface area contributed by atoms with E-state index in [0.717, 1.165) is 23.5 Å². The lowest BCUT2D eigenvalue weighted by Gasteiger charge is -2.23. The second-order valence-electron chi connectivity index (χ2n) is 6.32. The molecule has 0 spiro atoms. The third-order valence-corrected chi connectivity index (χ3v) is 4.69. The molecule has 0 saturated carbocycles. The van der Waals surface area contributed by atoms with Crippen LogP contribution in [0.25, 0.3) is 0 Å². The van der Waals surface area contributed by atoms with Crippen molar-refractivity contribution in [2.75, 3.05) is 0 Å². The lowest BCUT2D eigenvalue weighted by molar-refractivity contribution is -0.121. The van der Waals surface area contributed by atoms with Gasteiger partial charge >= 0.3 is 0 Å². The zero-order valence-corrected chi connectivity index (χ0v) is 15.2. The second kappa shape index (κ2) is 8.25. The smallest absolute Gasteiger partial charge is 0.226 e. The summed E-state index contributed by atoms with van der Waals surface area (Å²) in [6.07, 6.45) is 2.60. The van der Waals surface area contributed by atoms with Crippen LogP contribution in [0.1, 0.15) is 55.1 Å². The van der Waals surface area contributed by atoms with E-state index in [4.69, 9.17) is 0 Å². The van der Waals surface area contributed by atoms with Gasteiger partial charge in [0.1, 0.15) is 0 Å². The number of carbonyl (C=O) groups excluding carboxylic acids is 1. The first kappa shape index (κ1) is 17.7. The van der Waals surface area contributed by atoms with Crippen molar-refractivity contribution in [3.05, 3.63) is 51.5 Å². The number of amides is 1. The summed E-state index contributed by atoms with van der Waals surface area (Å²) in [5.74, 6) is 0.375. The van der Waals surface area contributed by atoms with Gasteiger partial charge in [0.2, 0.25) is 5.91 Å². The molecule has 0 aliphatic heterocycles. The van der Waals surface area contributed by atoms with Crippen molar-refractivity contribution >= 4 is 17.2 Å². The van der Waals surface area contributed by atoms with Crippen LogP contribution in [0.3, 0.4) is 0 Å². The van der Waals surface area contributed by atoms with Gasteiger partial charge in [-0.2, -0.15) is 0 Å². The zero-order chi connectivity index (χ0) is 16.8. The molecule has 1 aromatic heterocycles. The van der Waals surface area contributed by atoms with E-state index in [0.29, 0.717) is 12.3 Å². The summed E-state index contributed by atoms with van der Waals surface area (Å²) in [4.78, 5) is 16.7. The minimum Gasteiger partial charge on any atom is -0.349 e. The predicted octanol–water partition coefficient (Wildman–Crippen LogP) is 4.46. The van der Waals surface area contributed by atoms with Crippen LogP contribution in [0.15, 0.2) is 29.6 Å². The molecule has 1 atom stereocenters. The Balaban J connectivity index is 2.04.